The second-order valence-electron chi connectivity index (χ2n) is 5.24. The summed E-state index contributed by atoms with van der Waals surface area (Å²) in [4.78, 5) is 13.4. The van der Waals surface area contributed by atoms with E-state index in [1.807, 2.05) is 37.3 Å². The van der Waals surface area contributed by atoms with Gasteiger partial charge in [0.15, 0.2) is 0 Å². The standard InChI is InChI=1S/C19H16ClNOS/c1-13(19(22)21-18-9-5-4-8-17(18)20)23-16-11-10-14-6-2-3-7-15(14)12-16/h2-13H,1H3,(H,21,22)/t13-/m0/s1. The monoisotopic (exact) mass is 341 g/mol. The summed E-state index contributed by atoms with van der Waals surface area (Å²) in [5, 5.41) is 5.58. The molecule has 3 aromatic rings. The van der Waals surface area contributed by atoms with E-state index in [-0.39, 0.29) is 11.2 Å². The zero-order valence-corrected chi connectivity index (χ0v) is 14.2. The van der Waals surface area contributed by atoms with Crippen LogP contribution in [0, 0.1) is 0 Å². The quantitative estimate of drug-likeness (QED) is 0.625. The smallest absolute Gasteiger partial charge is 0.237 e. The van der Waals surface area contributed by atoms with Crippen LogP contribution in [0.5, 0.6) is 0 Å². The van der Waals surface area contributed by atoms with E-state index >= 15 is 0 Å². The Labute approximate surface area is 144 Å². The van der Waals surface area contributed by atoms with Crippen LogP contribution >= 0.6 is 23.4 Å². The van der Waals surface area contributed by atoms with Crippen molar-refractivity contribution < 1.29 is 4.79 Å². The van der Waals surface area contributed by atoms with Crippen LogP contribution in [0.15, 0.2) is 71.6 Å². The van der Waals surface area contributed by atoms with Crippen LogP contribution < -0.4 is 5.32 Å². The van der Waals surface area contributed by atoms with E-state index in [1.54, 1.807) is 12.1 Å². The van der Waals surface area contributed by atoms with E-state index in [0.29, 0.717) is 10.7 Å². The highest BCUT2D eigenvalue weighted by Crippen LogP contribution is 2.28. The zero-order chi connectivity index (χ0) is 16.2. The minimum atomic E-state index is -0.215. The van der Waals surface area contributed by atoms with Crippen LogP contribution in [0.2, 0.25) is 5.02 Å². The van der Waals surface area contributed by atoms with Crippen molar-refractivity contribution in [3.63, 3.8) is 0 Å². The Kier molecular flexibility index (Phi) is 4.89. The van der Waals surface area contributed by atoms with Crippen molar-refractivity contribution >= 4 is 45.7 Å². The number of thioether (sulfide) groups is 1. The molecule has 0 radical (unpaired) electrons. The van der Waals surface area contributed by atoms with E-state index in [2.05, 4.69) is 29.6 Å². The molecular weight excluding hydrogens is 326 g/mol. The topological polar surface area (TPSA) is 29.1 Å². The number of benzene rings is 3. The van der Waals surface area contributed by atoms with Gasteiger partial charge in [0.1, 0.15) is 0 Å². The lowest BCUT2D eigenvalue weighted by atomic mass is 10.1. The Balaban J connectivity index is 1.71. The van der Waals surface area contributed by atoms with Crippen LogP contribution in [0.25, 0.3) is 10.8 Å². The van der Waals surface area contributed by atoms with Crippen molar-refractivity contribution in [2.75, 3.05) is 5.32 Å². The van der Waals surface area contributed by atoms with Crippen LogP contribution in [0.1, 0.15) is 6.92 Å². The van der Waals surface area contributed by atoms with Crippen LogP contribution in [0.4, 0.5) is 5.69 Å². The fraction of sp³-hybridized carbons (Fsp3) is 0.105. The molecule has 0 saturated carbocycles. The maximum Gasteiger partial charge on any atom is 0.237 e. The lowest BCUT2D eigenvalue weighted by Gasteiger charge is -2.13. The highest BCUT2D eigenvalue weighted by atomic mass is 35.5. The van der Waals surface area contributed by atoms with Gasteiger partial charge in [-0.25, -0.2) is 0 Å². The molecule has 0 bridgehead atoms. The Morgan fingerprint density at radius 2 is 1.70 bits per heavy atom. The second-order valence-corrected chi connectivity index (χ2v) is 7.06. The lowest BCUT2D eigenvalue weighted by Crippen LogP contribution is -2.22. The summed E-state index contributed by atoms with van der Waals surface area (Å²) in [6, 6.07) is 21.7. The summed E-state index contributed by atoms with van der Waals surface area (Å²) in [7, 11) is 0. The molecule has 4 heteroatoms. The summed E-state index contributed by atoms with van der Waals surface area (Å²) < 4.78 is 0. The third-order valence-corrected chi connectivity index (χ3v) is 4.96. The molecule has 0 fully saturated rings. The average molecular weight is 342 g/mol. The van der Waals surface area contributed by atoms with Gasteiger partial charge in [-0.1, -0.05) is 54.1 Å². The van der Waals surface area contributed by atoms with Crippen LogP contribution in [-0.2, 0) is 4.79 Å². The summed E-state index contributed by atoms with van der Waals surface area (Å²) in [5.41, 5.74) is 0.644. The van der Waals surface area contributed by atoms with Gasteiger partial charge in [-0.05, 0) is 42.0 Å². The first-order valence-corrected chi connectivity index (χ1v) is 8.60. The van der Waals surface area contributed by atoms with Crippen molar-refractivity contribution in [2.24, 2.45) is 0 Å². The predicted molar refractivity (Wildman–Crippen MR) is 99.3 cm³/mol. The van der Waals surface area contributed by atoms with Gasteiger partial charge in [-0.15, -0.1) is 11.8 Å². The first-order chi connectivity index (χ1) is 11.1. The molecule has 0 aliphatic carbocycles. The molecule has 3 rings (SSSR count). The number of anilines is 1. The molecule has 0 aliphatic rings. The fourth-order valence-corrected chi connectivity index (χ4v) is 3.39. The van der Waals surface area contributed by atoms with Gasteiger partial charge >= 0.3 is 0 Å². The van der Waals surface area contributed by atoms with Gasteiger partial charge in [0.2, 0.25) is 5.91 Å². The normalized spacial score (nSPS) is 12.1. The summed E-state index contributed by atoms with van der Waals surface area (Å²) >= 11 is 7.61. The number of rotatable bonds is 4. The summed E-state index contributed by atoms with van der Waals surface area (Å²) in [6.45, 7) is 1.89. The molecule has 116 valence electrons. The van der Waals surface area contributed by atoms with Gasteiger partial charge in [0.05, 0.1) is 16.0 Å². The minimum absolute atomic E-state index is 0.0590. The maximum absolute atomic E-state index is 12.3. The van der Waals surface area contributed by atoms with Crippen molar-refractivity contribution in [1.82, 2.24) is 0 Å². The number of nitrogens with one attached hydrogen (secondary N) is 1. The highest BCUT2D eigenvalue weighted by Gasteiger charge is 2.15. The summed E-state index contributed by atoms with van der Waals surface area (Å²) in [6.07, 6.45) is 0. The van der Waals surface area contributed by atoms with Crippen molar-refractivity contribution in [2.45, 2.75) is 17.1 Å². The fourth-order valence-electron chi connectivity index (χ4n) is 2.30. The molecule has 0 unspecified atom stereocenters. The van der Waals surface area contributed by atoms with Crippen LogP contribution in [-0.4, -0.2) is 11.2 Å². The summed E-state index contributed by atoms with van der Waals surface area (Å²) in [5.74, 6) is -0.0590. The Morgan fingerprint density at radius 3 is 2.48 bits per heavy atom. The van der Waals surface area contributed by atoms with E-state index in [1.165, 1.54) is 22.5 Å². The molecule has 0 aliphatic heterocycles. The Hall–Kier alpha value is -1.97. The van der Waals surface area contributed by atoms with E-state index in [4.69, 9.17) is 11.6 Å². The molecule has 0 aromatic heterocycles. The number of hydrogen-bond donors (Lipinski definition) is 1. The number of hydrogen-bond acceptors (Lipinski definition) is 2. The number of fused-ring (bicyclic) bond motifs is 1. The number of carbonyl (C=O) groups is 1. The lowest BCUT2D eigenvalue weighted by molar-refractivity contribution is -0.115. The van der Waals surface area contributed by atoms with E-state index in [0.717, 1.165) is 4.90 Å². The van der Waals surface area contributed by atoms with Gasteiger partial charge in [-0.3, -0.25) is 4.79 Å². The molecule has 23 heavy (non-hydrogen) atoms. The van der Waals surface area contributed by atoms with Crippen LogP contribution in [0.3, 0.4) is 0 Å². The van der Waals surface area contributed by atoms with E-state index < -0.39 is 0 Å². The Bertz CT molecular complexity index is 849. The number of carbonyl (C=O) groups excluding carboxylic acids is 1. The predicted octanol–water partition coefficient (Wildman–Crippen LogP) is 5.61. The molecule has 0 spiro atoms. The average Bonchev–Trinajstić information content (AvgIpc) is 2.56. The number of para-hydroxylation sites is 1. The third-order valence-electron chi connectivity index (χ3n) is 3.53. The SMILES string of the molecule is C[C@H](Sc1ccc2ccccc2c1)C(=O)Nc1ccccc1Cl. The van der Waals surface area contributed by atoms with Gasteiger partial charge < -0.3 is 5.32 Å². The molecule has 0 heterocycles. The molecular formula is C19H16ClNOS. The second kappa shape index (κ2) is 7.07. The molecule has 3 aromatic carbocycles. The Morgan fingerprint density at radius 1 is 1.00 bits per heavy atom. The zero-order valence-electron chi connectivity index (χ0n) is 12.6. The number of halogens is 1. The molecule has 0 saturated heterocycles. The highest BCUT2D eigenvalue weighted by molar-refractivity contribution is 8.00. The first-order valence-electron chi connectivity index (χ1n) is 7.34. The molecule has 2 nitrogen and oxygen atoms in total. The van der Waals surface area contributed by atoms with E-state index in [9.17, 15) is 4.79 Å². The molecule has 1 N–H and O–H groups in total. The molecule has 1 amide bonds. The van der Waals surface area contributed by atoms with Crippen molar-refractivity contribution in [1.29, 1.82) is 0 Å². The number of amides is 1. The van der Waals surface area contributed by atoms with Gasteiger partial charge in [0, 0.05) is 4.90 Å². The first kappa shape index (κ1) is 15.9. The maximum atomic E-state index is 12.3. The van der Waals surface area contributed by atoms with Crippen molar-refractivity contribution in [3.8, 4) is 0 Å². The minimum Gasteiger partial charge on any atom is -0.324 e. The largest absolute Gasteiger partial charge is 0.324 e. The van der Waals surface area contributed by atoms with Gasteiger partial charge in [0.25, 0.3) is 0 Å². The van der Waals surface area contributed by atoms with Gasteiger partial charge in [-0.2, -0.15) is 0 Å². The molecule has 1 atom stereocenters. The third kappa shape index (κ3) is 3.87. The van der Waals surface area contributed by atoms with Crippen molar-refractivity contribution in [3.05, 3.63) is 71.8 Å².